The molecular weight excluding hydrogens is 136 g/mol. The summed E-state index contributed by atoms with van der Waals surface area (Å²) in [4.78, 5) is 0. The lowest BCUT2D eigenvalue weighted by Crippen LogP contribution is -2.25. The molecule has 1 saturated carbocycles. The zero-order valence-electron chi connectivity index (χ0n) is 7.77. The molecule has 0 aromatic heterocycles. The van der Waals surface area contributed by atoms with E-state index >= 15 is 0 Å². The van der Waals surface area contributed by atoms with Crippen LogP contribution in [0.25, 0.3) is 0 Å². The van der Waals surface area contributed by atoms with Crippen LogP contribution in [-0.4, -0.2) is 10.7 Å². The monoisotopic (exact) mass is 156 g/mol. The molecule has 0 aromatic carbocycles. The molecule has 0 heterocycles. The lowest BCUT2D eigenvalue weighted by Gasteiger charge is -2.24. The van der Waals surface area contributed by atoms with Crippen LogP contribution in [0.5, 0.6) is 0 Å². The van der Waals surface area contributed by atoms with Crippen molar-refractivity contribution in [3.05, 3.63) is 0 Å². The van der Waals surface area contributed by atoms with Crippen molar-refractivity contribution in [2.24, 2.45) is 5.92 Å². The van der Waals surface area contributed by atoms with E-state index in [0.29, 0.717) is 0 Å². The van der Waals surface area contributed by atoms with Crippen molar-refractivity contribution in [2.45, 2.75) is 58.0 Å². The van der Waals surface area contributed by atoms with E-state index in [2.05, 4.69) is 6.92 Å². The van der Waals surface area contributed by atoms with Gasteiger partial charge in [0.25, 0.3) is 0 Å². The van der Waals surface area contributed by atoms with Crippen LogP contribution in [0.1, 0.15) is 52.4 Å². The average Bonchev–Trinajstić information content (AvgIpc) is 2.39. The van der Waals surface area contributed by atoms with Gasteiger partial charge in [0.2, 0.25) is 0 Å². The molecule has 1 aliphatic carbocycles. The highest BCUT2D eigenvalue weighted by atomic mass is 16.3. The highest BCUT2D eigenvalue weighted by Gasteiger charge is 2.25. The topological polar surface area (TPSA) is 20.2 Å². The molecule has 1 rings (SSSR count). The summed E-state index contributed by atoms with van der Waals surface area (Å²) in [5.74, 6) is 0.810. The summed E-state index contributed by atoms with van der Waals surface area (Å²) >= 11 is 0. The van der Waals surface area contributed by atoms with E-state index in [0.717, 1.165) is 18.8 Å². The van der Waals surface area contributed by atoms with Gasteiger partial charge < -0.3 is 5.11 Å². The second-order valence-electron chi connectivity index (χ2n) is 4.21. The zero-order chi connectivity index (χ0) is 8.32. The Bertz CT molecular complexity index is 112. The fourth-order valence-corrected chi connectivity index (χ4v) is 1.98. The predicted molar refractivity (Wildman–Crippen MR) is 47.5 cm³/mol. The van der Waals surface area contributed by atoms with Gasteiger partial charge in [-0.05, 0) is 25.7 Å². The van der Waals surface area contributed by atoms with Gasteiger partial charge in [-0.3, -0.25) is 0 Å². The first-order chi connectivity index (χ1) is 5.14. The van der Waals surface area contributed by atoms with Crippen LogP contribution in [0.2, 0.25) is 0 Å². The second-order valence-corrected chi connectivity index (χ2v) is 4.21. The minimum Gasteiger partial charge on any atom is -0.390 e. The smallest absolute Gasteiger partial charge is 0.0619 e. The van der Waals surface area contributed by atoms with Crippen molar-refractivity contribution in [2.75, 3.05) is 0 Å². The van der Waals surface area contributed by atoms with E-state index in [1.165, 1.54) is 25.7 Å². The van der Waals surface area contributed by atoms with E-state index in [-0.39, 0.29) is 0 Å². The van der Waals surface area contributed by atoms with Crippen LogP contribution in [-0.2, 0) is 0 Å². The van der Waals surface area contributed by atoms with Gasteiger partial charge >= 0.3 is 0 Å². The lowest BCUT2D eigenvalue weighted by atomic mass is 9.89. The molecule has 66 valence electrons. The van der Waals surface area contributed by atoms with Gasteiger partial charge in [0, 0.05) is 0 Å². The van der Waals surface area contributed by atoms with Gasteiger partial charge in [-0.2, -0.15) is 0 Å². The Hall–Kier alpha value is -0.0400. The zero-order valence-corrected chi connectivity index (χ0v) is 7.77. The van der Waals surface area contributed by atoms with Crippen molar-refractivity contribution in [1.29, 1.82) is 0 Å². The minimum atomic E-state index is -0.394. The number of rotatable bonds is 3. The van der Waals surface area contributed by atoms with Crippen LogP contribution in [0.3, 0.4) is 0 Å². The maximum atomic E-state index is 9.78. The van der Waals surface area contributed by atoms with Crippen molar-refractivity contribution in [3.8, 4) is 0 Å². The average molecular weight is 156 g/mol. The van der Waals surface area contributed by atoms with Crippen LogP contribution in [0.4, 0.5) is 0 Å². The molecule has 0 aliphatic heterocycles. The summed E-state index contributed by atoms with van der Waals surface area (Å²) in [6.07, 6.45) is 7.36. The van der Waals surface area contributed by atoms with Gasteiger partial charge in [-0.1, -0.05) is 32.6 Å². The summed E-state index contributed by atoms with van der Waals surface area (Å²) in [5.41, 5.74) is -0.394. The molecule has 1 fully saturated rings. The fraction of sp³-hybridized carbons (Fsp3) is 1.00. The van der Waals surface area contributed by atoms with Gasteiger partial charge in [-0.25, -0.2) is 0 Å². The molecule has 11 heavy (non-hydrogen) atoms. The second kappa shape index (κ2) is 3.57. The van der Waals surface area contributed by atoms with Crippen molar-refractivity contribution < 1.29 is 5.11 Å². The molecule has 1 atom stereocenters. The fourth-order valence-electron chi connectivity index (χ4n) is 1.98. The maximum absolute atomic E-state index is 9.78. The first-order valence-electron chi connectivity index (χ1n) is 4.86. The molecule has 0 radical (unpaired) electrons. The van der Waals surface area contributed by atoms with Crippen molar-refractivity contribution >= 4 is 0 Å². The summed E-state index contributed by atoms with van der Waals surface area (Å²) in [7, 11) is 0. The normalized spacial score (nSPS) is 25.4. The molecule has 0 spiro atoms. The first kappa shape index (κ1) is 9.05. The highest BCUT2D eigenvalue weighted by molar-refractivity contribution is 4.78. The Kier molecular flexibility index (Phi) is 2.94. The lowest BCUT2D eigenvalue weighted by molar-refractivity contribution is 0.0308. The van der Waals surface area contributed by atoms with Gasteiger partial charge in [-0.15, -0.1) is 0 Å². The molecule has 0 aromatic rings. The van der Waals surface area contributed by atoms with Crippen LogP contribution < -0.4 is 0 Å². The van der Waals surface area contributed by atoms with Crippen molar-refractivity contribution in [3.63, 3.8) is 0 Å². The Labute approximate surface area is 69.8 Å². The number of hydrogen-bond acceptors (Lipinski definition) is 1. The van der Waals surface area contributed by atoms with E-state index < -0.39 is 5.60 Å². The molecular formula is C10H20O. The quantitative estimate of drug-likeness (QED) is 0.666. The molecule has 0 saturated heterocycles. The largest absolute Gasteiger partial charge is 0.390 e. The Balaban J connectivity index is 2.28. The molecule has 1 heteroatoms. The van der Waals surface area contributed by atoms with Gasteiger partial charge in [0.05, 0.1) is 5.60 Å². The molecule has 1 N–H and O–H groups in total. The Morgan fingerprint density at radius 1 is 1.36 bits per heavy atom. The van der Waals surface area contributed by atoms with Crippen molar-refractivity contribution in [1.82, 2.24) is 0 Å². The van der Waals surface area contributed by atoms with E-state index in [1.807, 2.05) is 6.92 Å². The number of aliphatic hydroxyl groups is 1. The third kappa shape index (κ3) is 2.82. The molecule has 0 amide bonds. The molecule has 1 aliphatic rings. The Morgan fingerprint density at radius 2 is 1.91 bits per heavy atom. The summed E-state index contributed by atoms with van der Waals surface area (Å²) in [5, 5.41) is 9.78. The Morgan fingerprint density at radius 3 is 2.36 bits per heavy atom. The minimum absolute atomic E-state index is 0.394. The summed E-state index contributed by atoms with van der Waals surface area (Å²) in [6.45, 7) is 4.03. The standard InChI is InChI=1S/C10H20O/c1-3-10(2,11)8-9-6-4-5-7-9/h9,11H,3-8H2,1-2H3. The predicted octanol–water partition coefficient (Wildman–Crippen LogP) is 2.73. The van der Waals surface area contributed by atoms with E-state index in [1.54, 1.807) is 0 Å². The molecule has 1 nitrogen and oxygen atoms in total. The van der Waals surface area contributed by atoms with Gasteiger partial charge in [0.15, 0.2) is 0 Å². The molecule has 0 bridgehead atoms. The van der Waals surface area contributed by atoms with Crippen LogP contribution >= 0.6 is 0 Å². The third-order valence-electron chi connectivity index (χ3n) is 2.96. The highest BCUT2D eigenvalue weighted by Crippen LogP contribution is 2.32. The van der Waals surface area contributed by atoms with E-state index in [4.69, 9.17) is 0 Å². The SMILES string of the molecule is CCC(C)(O)CC1CCCC1. The summed E-state index contributed by atoms with van der Waals surface area (Å²) in [6, 6.07) is 0. The van der Waals surface area contributed by atoms with Crippen LogP contribution in [0.15, 0.2) is 0 Å². The summed E-state index contributed by atoms with van der Waals surface area (Å²) < 4.78 is 0. The molecule has 1 unspecified atom stereocenters. The van der Waals surface area contributed by atoms with Gasteiger partial charge in [0.1, 0.15) is 0 Å². The maximum Gasteiger partial charge on any atom is 0.0619 e. The van der Waals surface area contributed by atoms with E-state index in [9.17, 15) is 5.11 Å². The van der Waals surface area contributed by atoms with Crippen LogP contribution in [0, 0.1) is 5.92 Å². The third-order valence-corrected chi connectivity index (χ3v) is 2.96. The first-order valence-corrected chi connectivity index (χ1v) is 4.86. The number of hydrogen-bond donors (Lipinski definition) is 1.